The van der Waals surface area contributed by atoms with Gasteiger partial charge < -0.3 is 14.2 Å². The molecule has 1 aromatic carbocycles. The van der Waals surface area contributed by atoms with Crippen LogP contribution in [0.5, 0.6) is 0 Å². The third-order valence-electron chi connectivity index (χ3n) is 5.39. The van der Waals surface area contributed by atoms with Crippen LogP contribution < -0.4 is 5.56 Å². The molecular formula is C22H24N4O4. The first-order valence-corrected chi connectivity index (χ1v) is 10.2. The molecule has 156 valence electrons. The lowest BCUT2D eigenvalue weighted by atomic mass is 10.2. The van der Waals surface area contributed by atoms with Crippen molar-refractivity contribution in [3.63, 3.8) is 0 Å². The summed E-state index contributed by atoms with van der Waals surface area (Å²) >= 11 is 0. The van der Waals surface area contributed by atoms with E-state index in [-0.39, 0.29) is 17.4 Å². The van der Waals surface area contributed by atoms with Crippen LogP contribution in [0.25, 0.3) is 10.9 Å². The Morgan fingerprint density at radius 3 is 2.63 bits per heavy atom. The molecule has 4 rings (SSSR count). The van der Waals surface area contributed by atoms with Crippen LogP contribution in [0.15, 0.2) is 58.2 Å². The van der Waals surface area contributed by atoms with Crippen molar-refractivity contribution in [3.05, 3.63) is 65.1 Å². The highest BCUT2D eigenvalue weighted by Gasteiger charge is 2.23. The van der Waals surface area contributed by atoms with Crippen LogP contribution in [0.1, 0.15) is 29.8 Å². The Kier molecular flexibility index (Phi) is 5.92. The molecule has 8 nitrogen and oxygen atoms in total. The molecule has 2 aromatic heterocycles. The van der Waals surface area contributed by atoms with Crippen molar-refractivity contribution >= 4 is 22.7 Å². The number of para-hydroxylation sites is 1. The summed E-state index contributed by atoms with van der Waals surface area (Å²) in [6.45, 7) is 2.65. The van der Waals surface area contributed by atoms with Gasteiger partial charge in [0.05, 0.1) is 23.5 Å². The quantitative estimate of drug-likeness (QED) is 0.645. The van der Waals surface area contributed by atoms with Gasteiger partial charge in [-0.05, 0) is 37.1 Å². The van der Waals surface area contributed by atoms with Crippen LogP contribution in [0, 0.1) is 0 Å². The first-order chi connectivity index (χ1) is 14.6. The highest BCUT2D eigenvalue weighted by Crippen LogP contribution is 2.11. The summed E-state index contributed by atoms with van der Waals surface area (Å²) in [6, 6.07) is 10.6. The summed E-state index contributed by atoms with van der Waals surface area (Å²) < 4.78 is 6.75. The number of furan rings is 1. The molecule has 0 aliphatic carbocycles. The van der Waals surface area contributed by atoms with Crippen molar-refractivity contribution in [2.24, 2.45) is 0 Å². The maximum Gasteiger partial charge on any atom is 0.289 e. The van der Waals surface area contributed by atoms with Crippen LogP contribution in [0.4, 0.5) is 0 Å². The average molecular weight is 408 g/mol. The lowest BCUT2D eigenvalue weighted by Crippen LogP contribution is -2.37. The summed E-state index contributed by atoms with van der Waals surface area (Å²) in [6.07, 6.45) is 4.67. The molecule has 0 radical (unpaired) electrons. The van der Waals surface area contributed by atoms with E-state index in [4.69, 9.17) is 4.42 Å². The van der Waals surface area contributed by atoms with E-state index >= 15 is 0 Å². The first-order valence-electron chi connectivity index (χ1n) is 10.2. The van der Waals surface area contributed by atoms with Crippen molar-refractivity contribution in [2.45, 2.75) is 25.8 Å². The molecule has 0 spiro atoms. The zero-order valence-corrected chi connectivity index (χ0v) is 16.7. The highest BCUT2D eigenvalue weighted by atomic mass is 16.3. The molecule has 1 saturated heterocycles. The number of fused-ring (bicyclic) bond motifs is 1. The molecule has 1 aliphatic rings. The topological polar surface area (TPSA) is 88.7 Å². The summed E-state index contributed by atoms with van der Waals surface area (Å²) in [5.74, 6) is 0.228. The zero-order valence-electron chi connectivity index (χ0n) is 16.7. The predicted molar refractivity (Wildman–Crippen MR) is 111 cm³/mol. The second kappa shape index (κ2) is 8.94. The van der Waals surface area contributed by atoms with Crippen molar-refractivity contribution in [1.29, 1.82) is 0 Å². The fraction of sp³-hybridized carbons (Fsp3) is 0.364. The van der Waals surface area contributed by atoms with E-state index in [9.17, 15) is 14.4 Å². The van der Waals surface area contributed by atoms with Gasteiger partial charge in [-0.2, -0.15) is 0 Å². The molecule has 0 N–H and O–H groups in total. The summed E-state index contributed by atoms with van der Waals surface area (Å²) in [4.78, 5) is 45.5. The smallest absolute Gasteiger partial charge is 0.289 e. The summed E-state index contributed by atoms with van der Waals surface area (Å²) in [5, 5.41) is 0.583. The van der Waals surface area contributed by atoms with Crippen LogP contribution in [0.3, 0.4) is 0 Å². The summed E-state index contributed by atoms with van der Waals surface area (Å²) in [5.41, 5.74) is 0.586. The Bertz CT molecular complexity index is 1090. The third-order valence-corrected chi connectivity index (χ3v) is 5.39. The molecule has 3 aromatic rings. The van der Waals surface area contributed by atoms with Crippen LogP contribution in [-0.2, 0) is 11.3 Å². The minimum absolute atomic E-state index is 0.0455. The molecule has 0 atom stereocenters. The number of aromatic nitrogens is 2. The van der Waals surface area contributed by atoms with Gasteiger partial charge >= 0.3 is 0 Å². The number of hydrogen-bond donors (Lipinski definition) is 0. The lowest BCUT2D eigenvalue weighted by Gasteiger charge is -2.21. The molecule has 1 fully saturated rings. The van der Waals surface area contributed by atoms with E-state index < -0.39 is 0 Å². The van der Waals surface area contributed by atoms with Gasteiger partial charge in [0.1, 0.15) is 0 Å². The molecule has 2 amide bonds. The Labute approximate surface area is 173 Å². The minimum Gasteiger partial charge on any atom is -0.459 e. The largest absolute Gasteiger partial charge is 0.459 e. The van der Waals surface area contributed by atoms with Gasteiger partial charge in [-0.25, -0.2) is 4.98 Å². The molecule has 0 saturated carbocycles. The fourth-order valence-electron chi connectivity index (χ4n) is 3.75. The van der Waals surface area contributed by atoms with Crippen molar-refractivity contribution in [1.82, 2.24) is 19.4 Å². The second-order valence-electron chi connectivity index (χ2n) is 7.37. The van der Waals surface area contributed by atoms with E-state index in [1.165, 1.54) is 6.26 Å². The highest BCUT2D eigenvalue weighted by molar-refractivity contribution is 5.91. The Hall–Kier alpha value is -3.42. The van der Waals surface area contributed by atoms with Gasteiger partial charge in [-0.1, -0.05) is 12.1 Å². The lowest BCUT2D eigenvalue weighted by molar-refractivity contribution is -0.131. The number of aryl methyl sites for hydroxylation is 1. The van der Waals surface area contributed by atoms with E-state index in [2.05, 4.69) is 4.98 Å². The molecular weight excluding hydrogens is 384 g/mol. The number of carbonyl (C=O) groups is 2. The molecule has 3 heterocycles. The maximum absolute atomic E-state index is 12.6. The van der Waals surface area contributed by atoms with Crippen molar-refractivity contribution in [3.8, 4) is 0 Å². The average Bonchev–Trinajstić information content (AvgIpc) is 3.19. The SMILES string of the molecule is O=C(CCCn1cnc2ccccc2c1=O)N1CCCN(C(=O)c2ccco2)CC1. The Balaban J connectivity index is 1.30. The normalized spacial score (nSPS) is 14.7. The van der Waals surface area contributed by atoms with E-state index in [0.717, 1.165) is 6.42 Å². The zero-order chi connectivity index (χ0) is 20.9. The minimum atomic E-state index is -0.141. The third kappa shape index (κ3) is 4.27. The Morgan fingerprint density at radius 2 is 1.80 bits per heavy atom. The van der Waals surface area contributed by atoms with Crippen LogP contribution in [-0.4, -0.2) is 57.3 Å². The number of amides is 2. The second-order valence-corrected chi connectivity index (χ2v) is 7.37. The molecule has 0 unspecified atom stereocenters. The van der Waals surface area contributed by atoms with E-state index in [1.54, 1.807) is 38.9 Å². The van der Waals surface area contributed by atoms with Gasteiger partial charge in [-0.3, -0.25) is 19.0 Å². The van der Waals surface area contributed by atoms with Gasteiger partial charge in [0, 0.05) is 39.1 Å². The number of carbonyl (C=O) groups excluding carboxylic acids is 2. The maximum atomic E-state index is 12.6. The fourth-order valence-corrected chi connectivity index (χ4v) is 3.75. The molecule has 8 heteroatoms. The van der Waals surface area contributed by atoms with E-state index in [1.807, 2.05) is 18.2 Å². The molecule has 30 heavy (non-hydrogen) atoms. The number of rotatable bonds is 5. The number of benzene rings is 1. The summed E-state index contributed by atoms with van der Waals surface area (Å²) in [7, 11) is 0. The predicted octanol–water partition coefficient (Wildman–Crippen LogP) is 2.14. The standard InChI is InChI=1S/C22H24N4O4/c27-20(9-3-10-26-16-23-18-7-2-1-6-17(18)21(26)28)24-11-5-12-25(14-13-24)22(29)19-8-4-15-30-19/h1-2,4,6-8,15-16H,3,5,9-14H2. The van der Waals surface area contributed by atoms with Gasteiger partial charge in [-0.15, -0.1) is 0 Å². The van der Waals surface area contributed by atoms with Gasteiger partial charge in [0.15, 0.2) is 5.76 Å². The Morgan fingerprint density at radius 1 is 1.00 bits per heavy atom. The van der Waals surface area contributed by atoms with Crippen molar-refractivity contribution < 1.29 is 14.0 Å². The van der Waals surface area contributed by atoms with Crippen LogP contribution in [0.2, 0.25) is 0 Å². The van der Waals surface area contributed by atoms with Crippen molar-refractivity contribution in [2.75, 3.05) is 26.2 Å². The van der Waals surface area contributed by atoms with Gasteiger partial charge in [0.2, 0.25) is 5.91 Å². The monoisotopic (exact) mass is 408 g/mol. The van der Waals surface area contributed by atoms with E-state index in [0.29, 0.717) is 62.2 Å². The first kappa shape index (κ1) is 19.9. The molecule has 1 aliphatic heterocycles. The number of hydrogen-bond acceptors (Lipinski definition) is 5. The van der Waals surface area contributed by atoms with Crippen LogP contribution >= 0.6 is 0 Å². The number of nitrogens with zero attached hydrogens (tertiary/aromatic N) is 4. The van der Waals surface area contributed by atoms with Gasteiger partial charge in [0.25, 0.3) is 11.5 Å². The molecule has 0 bridgehead atoms.